The van der Waals surface area contributed by atoms with Gasteiger partial charge in [0.05, 0.1) is 11.0 Å². The molecule has 6 nitrogen and oxygen atoms in total. The number of H-pyrrole nitrogens is 1. The minimum atomic E-state index is -0.0844. The minimum absolute atomic E-state index is 0.0588. The number of anilines is 1. The highest BCUT2D eigenvalue weighted by Crippen LogP contribution is 2.64. The lowest BCUT2D eigenvalue weighted by Gasteiger charge is -2.33. The number of aromatic nitrogens is 2. The van der Waals surface area contributed by atoms with E-state index in [9.17, 15) is 4.79 Å². The van der Waals surface area contributed by atoms with E-state index in [0.717, 1.165) is 54.9 Å². The van der Waals surface area contributed by atoms with E-state index >= 15 is 0 Å². The van der Waals surface area contributed by atoms with Crippen LogP contribution in [0.4, 0.5) is 10.5 Å². The van der Waals surface area contributed by atoms with E-state index < -0.39 is 0 Å². The second-order valence-corrected chi connectivity index (χ2v) is 8.80. The van der Waals surface area contributed by atoms with Crippen molar-refractivity contribution in [1.29, 1.82) is 0 Å². The lowest BCUT2D eigenvalue weighted by atomic mass is 9.75. The summed E-state index contributed by atoms with van der Waals surface area (Å²) >= 11 is 0. The number of aromatic amines is 1. The molecular weight excluding hydrogens is 350 g/mol. The summed E-state index contributed by atoms with van der Waals surface area (Å²) in [6, 6.07) is 14.5. The molecule has 3 aromatic rings. The van der Waals surface area contributed by atoms with Crippen LogP contribution in [0.25, 0.3) is 11.0 Å². The third-order valence-electron chi connectivity index (χ3n) is 7.16. The summed E-state index contributed by atoms with van der Waals surface area (Å²) in [4.78, 5) is 20.3. The van der Waals surface area contributed by atoms with Crippen molar-refractivity contribution < 1.29 is 4.79 Å². The predicted octanol–water partition coefficient (Wildman–Crippen LogP) is 2.50. The number of nitrogens with two attached hydrogens (primary N) is 1. The molecule has 28 heavy (non-hydrogen) atoms. The van der Waals surface area contributed by atoms with E-state index in [-0.39, 0.29) is 16.9 Å². The average molecular weight is 373 g/mol. The Morgan fingerprint density at radius 1 is 1.04 bits per heavy atom. The molecule has 6 heteroatoms. The Labute approximate surface area is 162 Å². The molecule has 1 saturated carbocycles. The van der Waals surface area contributed by atoms with Crippen LogP contribution < -0.4 is 16.4 Å². The van der Waals surface area contributed by atoms with Gasteiger partial charge in [-0.25, -0.2) is 9.78 Å². The van der Waals surface area contributed by atoms with Gasteiger partial charge in [-0.15, -0.1) is 0 Å². The van der Waals surface area contributed by atoms with Crippen LogP contribution in [-0.2, 0) is 18.3 Å². The summed E-state index contributed by atoms with van der Waals surface area (Å²) < 4.78 is 0. The van der Waals surface area contributed by atoms with Crippen LogP contribution in [0.1, 0.15) is 23.4 Å². The van der Waals surface area contributed by atoms with Gasteiger partial charge in [-0.1, -0.05) is 18.2 Å². The average Bonchev–Trinajstić information content (AvgIpc) is 3.06. The Morgan fingerprint density at radius 2 is 1.82 bits per heavy atom. The number of nitrogen functional groups attached to an aromatic ring is 1. The molecule has 1 aliphatic heterocycles. The van der Waals surface area contributed by atoms with Crippen molar-refractivity contribution in [2.24, 2.45) is 11.3 Å². The maximum Gasteiger partial charge on any atom is 0.314 e. The van der Waals surface area contributed by atoms with Crippen molar-refractivity contribution in [3.63, 3.8) is 0 Å². The standard InChI is InChI=1S/C22H23N5O/c23-15-6-5-13-8-22(9-14(13)7-15,18-10-21(18)11-24-20(28)25-12-21)19-26-16-3-1-2-4-17(16)27-19/h1-7,18H,8-12,23H2,(H,26,27)(H2,24,25,28). The fourth-order valence-corrected chi connectivity index (χ4v) is 5.65. The Morgan fingerprint density at radius 3 is 2.64 bits per heavy atom. The first kappa shape index (κ1) is 16.0. The van der Waals surface area contributed by atoms with Gasteiger partial charge in [0.1, 0.15) is 5.82 Å². The monoisotopic (exact) mass is 373 g/mol. The SMILES string of the molecule is Nc1ccc2c(c1)CC(c1nc3ccccc3[nH]1)(C1CC13CNC(=O)NC3)C2. The second-order valence-electron chi connectivity index (χ2n) is 8.80. The van der Waals surface area contributed by atoms with Crippen LogP contribution in [0.5, 0.6) is 0 Å². The maximum absolute atomic E-state index is 11.6. The molecule has 2 unspecified atom stereocenters. The first-order chi connectivity index (χ1) is 13.6. The van der Waals surface area contributed by atoms with Gasteiger partial charge in [-0.3, -0.25) is 0 Å². The number of fused-ring (bicyclic) bond motifs is 2. The molecule has 2 fully saturated rings. The summed E-state index contributed by atoms with van der Waals surface area (Å²) in [6.07, 6.45) is 3.00. The van der Waals surface area contributed by atoms with Crippen LogP contribution in [0.15, 0.2) is 42.5 Å². The van der Waals surface area contributed by atoms with Crippen molar-refractivity contribution in [1.82, 2.24) is 20.6 Å². The summed E-state index contributed by atoms with van der Waals surface area (Å²) in [7, 11) is 0. The minimum Gasteiger partial charge on any atom is -0.399 e. The van der Waals surface area contributed by atoms with E-state index in [1.165, 1.54) is 11.1 Å². The number of hydrogen-bond donors (Lipinski definition) is 4. The number of nitrogens with one attached hydrogen (secondary N) is 3. The molecular formula is C22H23N5O. The van der Waals surface area contributed by atoms with Crippen LogP contribution >= 0.6 is 0 Å². The number of nitrogens with zero attached hydrogens (tertiary/aromatic N) is 1. The van der Waals surface area contributed by atoms with Crippen molar-refractivity contribution >= 4 is 22.8 Å². The number of amides is 2. The molecule has 1 aromatic heterocycles. The van der Waals surface area contributed by atoms with Crippen molar-refractivity contribution in [2.75, 3.05) is 18.8 Å². The number of rotatable bonds is 2. The number of hydrogen-bond acceptors (Lipinski definition) is 3. The van der Waals surface area contributed by atoms with Crippen LogP contribution in [0, 0.1) is 11.3 Å². The molecule has 2 atom stereocenters. The summed E-state index contributed by atoms with van der Waals surface area (Å²) in [5.41, 5.74) is 11.7. The molecule has 5 N–H and O–H groups in total. The number of carbonyl (C=O) groups is 1. The third-order valence-corrected chi connectivity index (χ3v) is 7.16. The zero-order valence-corrected chi connectivity index (χ0v) is 15.6. The molecule has 3 aliphatic rings. The smallest absolute Gasteiger partial charge is 0.314 e. The van der Waals surface area contributed by atoms with Gasteiger partial charge < -0.3 is 21.4 Å². The lowest BCUT2D eigenvalue weighted by Crippen LogP contribution is -2.51. The Hall–Kier alpha value is -3.02. The molecule has 2 amide bonds. The normalized spacial score (nSPS) is 27.4. The van der Waals surface area contributed by atoms with E-state index in [2.05, 4.69) is 39.9 Å². The van der Waals surface area contributed by atoms with Crippen LogP contribution in [0.2, 0.25) is 0 Å². The molecule has 1 saturated heterocycles. The first-order valence-electron chi connectivity index (χ1n) is 9.92. The second kappa shape index (κ2) is 5.28. The van der Waals surface area contributed by atoms with Gasteiger partial charge in [-0.2, -0.15) is 0 Å². The number of urea groups is 1. The van der Waals surface area contributed by atoms with E-state index in [4.69, 9.17) is 10.7 Å². The summed E-state index contributed by atoms with van der Waals surface area (Å²) in [5.74, 6) is 1.53. The molecule has 142 valence electrons. The fraction of sp³-hybridized carbons (Fsp3) is 0.364. The van der Waals surface area contributed by atoms with Gasteiger partial charge in [0.25, 0.3) is 0 Å². The van der Waals surface area contributed by atoms with Crippen molar-refractivity contribution in [3.05, 3.63) is 59.4 Å². The highest BCUT2D eigenvalue weighted by Gasteiger charge is 2.66. The van der Waals surface area contributed by atoms with Crippen molar-refractivity contribution in [3.8, 4) is 0 Å². The van der Waals surface area contributed by atoms with Crippen molar-refractivity contribution in [2.45, 2.75) is 24.7 Å². The largest absolute Gasteiger partial charge is 0.399 e. The highest BCUT2D eigenvalue weighted by molar-refractivity contribution is 5.76. The Balaban J connectivity index is 1.46. The van der Waals surface area contributed by atoms with Gasteiger partial charge in [0, 0.05) is 29.6 Å². The van der Waals surface area contributed by atoms with Crippen LogP contribution in [0.3, 0.4) is 0 Å². The highest BCUT2D eigenvalue weighted by atomic mass is 16.2. The van der Waals surface area contributed by atoms with E-state index in [0.29, 0.717) is 5.92 Å². The summed E-state index contributed by atoms with van der Waals surface area (Å²) in [6.45, 7) is 1.48. The van der Waals surface area contributed by atoms with Gasteiger partial charge in [0.2, 0.25) is 0 Å². The molecule has 0 radical (unpaired) electrons. The van der Waals surface area contributed by atoms with Gasteiger partial charge in [0.15, 0.2) is 0 Å². The number of benzene rings is 2. The zero-order chi connectivity index (χ0) is 18.9. The summed E-state index contributed by atoms with van der Waals surface area (Å²) in [5, 5.41) is 6.03. The zero-order valence-electron chi connectivity index (χ0n) is 15.6. The molecule has 2 aliphatic carbocycles. The number of para-hydroxylation sites is 2. The Kier molecular flexibility index (Phi) is 3.01. The number of imidazole rings is 1. The predicted molar refractivity (Wildman–Crippen MR) is 108 cm³/mol. The van der Waals surface area contributed by atoms with Gasteiger partial charge >= 0.3 is 6.03 Å². The fourth-order valence-electron chi connectivity index (χ4n) is 5.65. The molecule has 0 bridgehead atoms. The molecule has 6 rings (SSSR count). The van der Waals surface area contributed by atoms with Gasteiger partial charge in [-0.05, 0) is 60.6 Å². The lowest BCUT2D eigenvalue weighted by molar-refractivity contribution is 0.214. The number of carbonyl (C=O) groups excluding carboxylic acids is 1. The quantitative estimate of drug-likeness (QED) is 0.520. The maximum atomic E-state index is 11.6. The third kappa shape index (κ3) is 2.14. The first-order valence-corrected chi connectivity index (χ1v) is 9.92. The van der Waals surface area contributed by atoms with E-state index in [1.807, 2.05) is 18.2 Å². The van der Waals surface area contributed by atoms with Crippen LogP contribution in [-0.4, -0.2) is 29.1 Å². The molecule has 2 aromatic carbocycles. The Bertz CT molecular complexity index is 1080. The molecule has 2 heterocycles. The van der Waals surface area contributed by atoms with E-state index in [1.54, 1.807) is 0 Å². The topological polar surface area (TPSA) is 95.8 Å². The molecule has 1 spiro atoms.